The van der Waals surface area contributed by atoms with Gasteiger partial charge in [-0.05, 0) is 54.3 Å². The first-order valence-corrected chi connectivity index (χ1v) is 14.3. The number of hydrogen-bond donors (Lipinski definition) is 1. The fourth-order valence-corrected chi connectivity index (χ4v) is 5.69. The maximum absolute atomic E-state index is 14.2. The highest BCUT2D eigenvalue weighted by molar-refractivity contribution is 6.10. The maximum Gasteiger partial charge on any atom is 0.248 e. The predicted octanol–water partition coefficient (Wildman–Crippen LogP) is 5.76. The number of ether oxygens (including phenoxy) is 1. The summed E-state index contributed by atoms with van der Waals surface area (Å²) in [7, 11) is 0. The van der Waals surface area contributed by atoms with Crippen molar-refractivity contribution in [2.24, 2.45) is 11.0 Å². The van der Waals surface area contributed by atoms with Crippen molar-refractivity contribution in [1.82, 2.24) is 10.2 Å². The molecule has 2 unspecified atom stereocenters. The van der Waals surface area contributed by atoms with Gasteiger partial charge in [0.15, 0.2) is 0 Å². The van der Waals surface area contributed by atoms with Crippen molar-refractivity contribution >= 4 is 17.3 Å². The van der Waals surface area contributed by atoms with Crippen LogP contribution in [0.2, 0.25) is 0 Å². The van der Waals surface area contributed by atoms with Gasteiger partial charge in [0.25, 0.3) is 0 Å². The number of hydrazone groups is 1. The van der Waals surface area contributed by atoms with Gasteiger partial charge in [0, 0.05) is 32.1 Å². The van der Waals surface area contributed by atoms with Crippen LogP contribution in [0.1, 0.15) is 49.8 Å². The molecule has 1 amide bonds. The molecule has 6 nitrogen and oxygen atoms in total. The molecule has 0 aromatic heterocycles. The standard InChI is InChI=1S/C33H39FN4O2/c1-3-4-10-30-31(27-15-17-28(34)18-16-27)36-38(29-8-6-5-7-9-29)33(30,2)32(39)35-23-25-11-13-26(14-12-25)24-37-19-21-40-22-20-37/h5-9,11-18,30H,3-4,10,19-24H2,1-2H3,(H,35,39). The van der Waals surface area contributed by atoms with E-state index in [2.05, 4.69) is 41.4 Å². The first kappa shape index (κ1) is 28.0. The van der Waals surface area contributed by atoms with Crippen molar-refractivity contribution in [3.05, 3.63) is 101 Å². The lowest BCUT2D eigenvalue weighted by Crippen LogP contribution is -2.57. The second-order valence-electron chi connectivity index (χ2n) is 10.9. The van der Waals surface area contributed by atoms with Crippen molar-refractivity contribution in [2.45, 2.75) is 51.7 Å². The SMILES string of the molecule is CCCCC1C(c2ccc(F)cc2)=NN(c2ccccc2)C1(C)C(=O)NCc1ccc(CN2CCOCC2)cc1. The Kier molecular flexibility index (Phi) is 8.92. The number of morpholine rings is 1. The molecule has 1 N–H and O–H groups in total. The highest BCUT2D eigenvalue weighted by atomic mass is 19.1. The number of benzene rings is 3. The van der Waals surface area contributed by atoms with Gasteiger partial charge >= 0.3 is 0 Å². The molecule has 2 aliphatic rings. The summed E-state index contributed by atoms with van der Waals surface area (Å²) in [5.74, 6) is -0.520. The molecule has 3 aromatic carbocycles. The van der Waals surface area contributed by atoms with Crippen LogP contribution in [0.25, 0.3) is 0 Å². The molecule has 2 atom stereocenters. The number of carbonyl (C=O) groups is 1. The average Bonchev–Trinajstić information content (AvgIpc) is 3.29. The van der Waals surface area contributed by atoms with Crippen LogP contribution in [0.3, 0.4) is 0 Å². The number of rotatable bonds is 10. The number of amides is 1. The van der Waals surface area contributed by atoms with E-state index in [0.717, 1.165) is 74.6 Å². The van der Waals surface area contributed by atoms with E-state index in [0.29, 0.717) is 6.54 Å². The maximum atomic E-state index is 14.2. The van der Waals surface area contributed by atoms with Crippen LogP contribution in [0.15, 0.2) is 84.0 Å². The third-order valence-corrected chi connectivity index (χ3v) is 8.09. The molecule has 7 heteroatoms. The Morgan fingerprint density at radius 1 is 1.00 bits per heavy atom. The largest absolute Gasteiger partial charge is 0.379 e. The van der Waals surface area contributed by atoms with E-state index in [4.69, 9.17) is 9.84 Å². The Morgan fingerprint density at radius 3 is 2.35 bits per heavy atom. The first-order valence-electron chi connectivity index (χ1n) is 14.3. The van der Waals surface area contributed by atoms with Gasteiger partial charge in [-0.2, -0.15) is 5.10 Å². The van der Waals surface area contributed by atoms with Gasteiger partial charge in [0.1, 0.15) is 11.4 Å². The van der Waals surface area contributed by atoms with Gasteiger partial charge in [-0.3, -0.25) is 9.69 Å². The summed E-state index contributed by atoms with van der Waals surface area (Å²) in [4.78, 5) is 16.6. The number of nitrogens with zero attached hydrogens (tertiary/aromatic N) is 3. The van der Waals surface area contributed by atoms with Crippen LogP contribution in [-0.4, -0.2) is 48.4 Å². The Balaban J connectivity index is 1.37. The summed E-state index contributed by atoms with van der Waals surface area (Å²) >= 11 is 0. The summed E-state index contributed by atoms with van der Waals surface area (Å²) < 4.78 is 19.2. The third-order valence-electron chi connectivity index (χ3n) is 8.09. The number of para-hydroxylation sites is 1. The van der Waals surface area contributed by atoms with Gasteiger partial charge in [0.05, 0.1) is 24.6 Å². The smallest absolute Gasteiger partial charge is 0.248 e. The summed E-state index contributed by atoms with van der Waals surface area (Å²) in [5, 5.41) is 10.1. The molecular weight excluding hydrogens is 503 g/mol. The average molecular weight is 543 g/mol. The van der Waals surface area contributed by atoms with Gasteiger partial charge < -0.3 is 10.1 Å². The topological polar surface area (TPSA) is 57.2 Å². The second kappa shape index (κ2) is 12.7. The molecule has 1 fully saturated rings. The molecule has 3 aromatic rings. The van der Waals surface area contributed by atoms with E-state index in [9.17, 15) is 9.18 Å². The van der Waals surface area contributed by atoms with E-state index >= 15 is 0 Å². The number of nitrogens with one attached hydrogen (secondary N) is 1. The minimum Gasteiger partial charge on any atom is -0.379 e. The van der Waals surface area contributed by atoms with Gasteiger partial charge in [-0.25, -0.2) is 9.40 Å². The van der Waals surface area contributed by atoms with Crippen molar-refractivity contribution < 1.29 is 13.9 Å². The summed E-state index contributed by atoms with van der Waals surface area (Å²) in [6, 6.07) is 24.7. The van der Waals surface area contributed by atoms with Gasteiger partial charge in [-0.15, -0.1) is 0 Å². The first-order chi connectivity index (χ1) is 19.5. The third kappa shape index (κ3) is 6.11. The molecule has 0 bridgehead atoms. The number of carbonyl (C=O) groups excluding carboxylic acids is 1. The highest BCUT2D eigenvalue weighted by Crippen LogP contribution is 2.41. The van der Waals surface area contributed by atoms with Gasteiger partial charge in [-0.1, -0.05) is 74.4 Å². The monoisotopic (exact) mass is 542 g/mol. The highest BCUT2D eigenvalue weighted by Gasteiger charge is 2.53. The Labute approximate surface area is 236 Å². The molecule has 40 heavy (non-hydrogen) atoms. The zero-order valence-electron chi connectivity index (χ0n) is 23.5. The lowest BCUT2D eigenvalue weighted by atomic mass is 9.77. The molecule has 1 saturated heterocycles. The van der Waals surface area contributed by atoms with Crippen LogP contribution in [0.4, 0.5) is 10.1 Å². The molecule has 0 radical (unpaired) electrons. The van der Waals surface area contributed by atoms with Crippen LogP contribution in [0, 0.1) is 11.7 Å². The molecule has 2 heterocycles. The number of anilines is 1. The van der Waals surface area contributed by atoms with E-state index in [1.165, 1.54) is 17.7 Å². The fraction of sp³-hybridized carbons (Fsp3) is 0.394. The zero-order valence-corrected chi connectivity index (χ0v) is 23.5. The molecule has 2 aliphatic heterocycles. The summed E-state index contributed by atoms with van der Waals surface area (Å²) in [6.07, 6.45) is 2.77. The fourth-order valence-electron chi connectivity index (χ4n) is 5.69. The Morgan fingerprint density at radius 2 is 1.68 bits per heavy atom. The quantitative estimate of drug-likeness (QED) is 0.354. The summed E-state index contributed by atoms with van der Waals surface area (Å²) in [5.41, 5.74) is 3.88. The van der Waals surface area contributed by atoms with Crippen molar-refractivity contribution in [3.63, 3.8) is 0 Å². The van der Waals surface area contributed by atoms with E-state index in [1.807, 2.05) is 42.3 Å². The number of unbranched alkanes of at least 4 members (excludes halogenated alkanes) is 1. The van der Waals surface area contributed by atoms with E-state index in [-0.39, 0.29) is 17.6 Å². The van der Waals surface area contributed by atoms with Crippen LogP contribution in [-0.2, 0) is 22.6 Å². The lowest BCUT2D eigenvalue weighted by molar-refractivity contribution is -0.127. The van der Waals surface area contributed by atoms with Crippen LogP contribution < -0.4 is 10.3 Å². The molecular formula is C33H39FN4O2. The van der Waals surface area contributed by atoms with Crippen molar-refractivity contribution in [1.29, 1.82) is 0 Å². The van der Waals surface area contributed by atoms with Crippen molar-refractivity contribution in [2.75, 3.05) is 31.3 Å². The Bertz CT molecular complexity index is 1290. The minimum atomic E-state index is -0.948. The second-order valence-corrected chi connectivity index (χ2v) is 10.9. The van der Waals surface area contributed by atoms with E-state index in [1.54, 1.807) is 12.1 Å². The molecule has 210 valence electrons. The van der Waals surface area contributed by atoms with Crippen molar-refractivity contribution in [3.8, 4) is 0 Å². The molecule has 0 spiro atoms. The molecule has 0 saturated carbocycles. The normalized spacial score (nSPS) is 21.3. The van der Waals surface area contributed by atoms with Gasteiger partial charge in [0.2, 0.25) is 5.91 Å². The molecule has 0 aliphatic carbocycles. The Hall–Kier alpha value is -3.55. The molecule has 5 rings (SSSR count). The summed E-state index contributed by atoms with van der Waals surface area (Å²) in [6.45, 7) is 8.96. The zero-order chi connectivity index (χ0) is 28.0. The lowest BCUT2D eigenvalue weighted by Gasteiger charge is -2.37. The number of halogens is 1. The van der Waals surface area contributed by atoms with Crippen LogP contribution in [0.5, 0.6) is 0 Å². The number of hydrogen-bond acceptors (Lipinski definition) is 5. The van der Waals surface area contributed by atoms with Crippen LogP contribution >= 0.6 is 0 Å². The minimum absolute atomic E-state index is 0.0734. The van der Waals surface area contributed by atoms with E-state index < -0.39 is 5.54 Å². The predicted molar refractivity (Wildman–Crippen MR) is 158 cm³/mol.